The van der Waals surface area contributed by atoms with E-state index in [2.05, 4.69) is 81.9 Å². The van der Waals surface area contributed by atoms with E-state index in [0.29, 0.717) is 11.8 Å². The molecule has 3 aromatic rings. The molecule has 2 aliphatic heterocycles. The molecule has 0 radical (unpaired) electrons. The van der Waals surface area contributed by atoms with E-state index in [1.165, 1.54) is 21.6 Å². The summed E-state index contributed by atoms with van der Waals surface area (Å²) in [5, 5.41) is 2.13. The Kier molecular flexibility index (Phi) is 6.70. The Labute approximate surface area is 195 Å². The number of thiophene rings is 1. The second-order valence-corrected chi connectivity index (χ2v) is 10.2. The smallest absolute Gasteiger partial charge is 0.226 e. The van der Waals surface area contributed by atoms with Crippen LogP contribution in [-0.4, -0.2) is 41.9 Å². The van der Waals surface area contributed by atoms with Gasteiger partial charge in [-0.1, -0.05) is 54.6 Å². The summed E-state index contributed by atoms with van der Waals surface area (Å²) in [5.41, 5.74) is 4.06. The van der Waals surface area contributed by atoms with Gasteiger partial charge in [0.1, 0.15) is 0 Å². The zero-order valence-electron chi connectivity index (χ0n) is 18.7. The third kappa shape index (κ3) is 4.97. The van der Waals surface area contributed by atoms with Crippen LogP contribution in [0, 0.1) is 5.92 Å². The second kappa shape index (κ2) is 10.0. The van der Waals surface area contributed by atoms with Crippen LogP contribution >= 0.6 is 11.3 Å². The van der Waals surface area contributed by atoms with Crippen molar-refractivity contribution < 1.29 is 4.79 Å². The van der Waals surface area contributed by atoms with Gasteiger partial charge in [0.25, 0.3) is 0 Å². The lowest BCUT2D eigenvalue weighted by Gasteiger charge is -2.38. The number of hydrogen-bond acceptors (Lipinski definition) is 3. The van der Waals surface area contributed by atoms with Gasteiger partial charge >= 0.3 is 0 Å². The maximum atomic E-state index is 13.3. The second-order valence-electron chi connectivity index (χ2n) is 9.26. The summed E-state index contributed by atoms with van der Waals surface area (Å²) in [6.07, 6.45) is 4.31. The van der Waals surface area contributed by atoms with Crippen LogP contribution in [0.15, 0.2) is 72.1 Å². The number of nitrogens with zero attached hydrogens (tertiary/aromatic N) is 2. The highest BCUT2D eigenvalue weighted by atomic mass is 32.1. The molecule has 0 N–H and O–H groups in total. The summed E-state index contributed by atoms with van der Waals surface area (Å²) in [6, 6.07) is 24.0. The van der Waals surface area contributed by atoms with E-state index >= 15 is 0 Å². The Morgan fingerprint density at radius 2 is 1.75 bits per heavy atom. The van der Waals surface area contributed by atoms with Gasteiger partial charge in [0, 0.05) is 31.1 Å². The molecule has 0 aliphatic carbocycles. The number of rotatable bonds is 5. The minimum Gasteiger partial charge on any atom is -0.342 e. The van der Waals surface area contributed by atoms with Crippen molar-refractivity contribution in [2.24, 2.45) is 5.92 Å². The zero-order chi connectivity index (χ0) is 21.8. The molecule has 2 aliphatic rings. The number of hydrogen-bond donors (Lipinski definition) is 0. The fraction of sp³-hybridized carbons (Fsp3) is 0.393. The summed E-state index contributed by atoms with van der Waals surface area (Å²) in [5.74, 6) is 1.13. The lowest BCUT2D eigenvalue weighted by Crippen LogP contribution is -2.46. The van der Waals surface area contributed by atoms with Gasteiger partial charge in [0.2, 0.25) is 5.91 Å². The molecule has 0 bridgehead atoms. The quantitative estimate of drug-likeness (QED) is 0.479. The van der Waals surface area contributed by atoms with Gasteiger partial charge in [0.15, 0.2) is 0 Å². The zero-order valence-corrected chi connectivity index (χ0v) is 19.5. The van der Waals surface area contributed by atoms with E-state index in [1.54, 1.807) is 11.3 Å². The third-order valence-corrected chi connectivity index (χ3v) is 7.99. The number of likely N-dealkylation sites (tertiary alicyclic amines) is 2. The van der Waals surface area contributed by atoms with Crippen LogP contribution in [0.2, 0.25) is 0 Å². The molecule has 1 atom stereocenters. The molecular formula is C28H32N2OS. The first-order valence-electron chi connectivity index (χ1n) is 11.9. The predicted molar refractivity (Wildman–Crippen MR) is 133 cm³/mol. The van der Waals surface area contributed by atoms with E-state index in [1.807, 2.05) is 0 Å². The number of carbonyl (C=O) groups excluding carboxylic acids is 1. The van der Waals surface area contributed by atoms with Gasteiger partial charge in [-0.25, -0.2) is 0 Å². The molecule has 3 heterocycles. The lowest BCUT2D eigenvalue weighted by atomic mass is 9.88. The fourth-order valence-corrected chi connectivity index (χ4v) is 6.07. The minimum atomic E-state index is 0.150. The SMILES string of the molecule is O=C(C1CCCN(Cc2cccc(-c3cccs3)c2)C1)N1CCC(c2ccccc2)CC1. The predicted octanol–water partition coefficient (Wildman–Crippen LogP) is 6.03. The number of piperidine rings is 2. The monoisotopic (exact) mass is 444 g/mol. The molecule has 4 heteroatoms. The van der Waals surface area contributed by atoms with Crippen LogP contribution in [0.3, 0.4) is 0 Å². The van der Waals surface area contributed by atoms with Gasteiger partial charge in [-0.2, -0.15) is 0 Å². The Morgan fingerprint density at radius 1 is 0.906 bits per heavy atom. The molecule has 1 aromatic heterocycles. The van der Waals surface area contributed by atoms with E-state index in [9.17, 15) is 4.79 Å². The Morgan fingerprint density at radius 3 is 2.53 bits per heavy atom. The number of carbonyl (C=O) groups is 1. The molecule has 3 nitrogen and oxygen atoms in total. The molecule has 32 heavy (non-hydrogen) atoms. The van der Waals surface area contributed by atoms with Gasteiger partial charge < -0.3 is 4.90 Å². The first kappa shape index (κ1) is 21.4. The number of benzene rings is 2. The average molecular weight is 445 g/mol. The summed E-state index contributed by atoms with van der Waals surface area (Å²) < 4.78 is 0. The van der Waals surface area contributed by atoms with Gasteiger partial charge in [-0.15, -0.1) is 11.3 Å². The van der Waals surface area contributed by atoms with E-state index < -0.39 is 0 Å². The first-order valence-corrected chi connectivity index (χ1v) is 12.8. The van der Waals surface area contributed by atoms with Crippen molar-refractivity contribution >= 4 is 17.2 Å². The third-order valence-electron chi connectivity index (χ3n) is 7.07. The molecule has 166 valence electrons. The normalized spacial score (nSPS) is 20.4. The standard InChI is InChI=1S/C28H32N2OS/c31-28(30-16-13-24(14-17-30)23-8-2-1-3-9-23)26-11-5-15-29(21-26)20-22-7-4-10-25(19-22)27-12-6-18-32-27/h1-4,6-10,12,18-19,24,26H,5,11,13-17,20-21H2. The molecular weight excluding hydrogens is 412 g/mol. The van der Waals surface area contributed by atoms with E-state index in [4.69, 9.17) is 0 Å². The van der Waals surface area contributed by atoms with Crippen molar-refractivity contribution in [3.05, 3.63) is 83.2 Å². The minimum absolute atomic E-state index is 0.150. The van der Waals surface area contributed by atoms with Crippen molar-refractivity contribution in [2.45, 2.75) is 38.1 Å². The highest BCUT2D eigenvalue weighted by Gasteiger charge is 2.31. The summed E-state index contributed by atoms with van der Waals surface area (Å²) in [7, 11) is 0. The molecule has 2 saturated heterocycles. The average Bonchev–Trinajstić information content (AvgIpc) is 3.40. The molecule has 1 amide bonds. The molecule has 0 saturated carbocycles. The Balaban J connectivity index is 1.17. The number of amides is 1. The van der Waals surface area contributed by atoms with Crippen molar-refractivity contribution in [1.82, 2.24) is 9.80 Å². The van der Waals surface area contributed by atoms with Crippen LogP contribution in [0.1, 0.15) is 42.7 Å². The van der Waals surface area contributed by atoms with Crippen molar-refractivity contribution in [3.63, 3.8) is 0 Å². The Hall–Kier alpha value is -2.43. The highest BCUT2D eigenvalue weighted by Crippen LogP contribution is 2.30. The highest BCUT2D eigenvalue weighted by molar-refractivity contribution is 7.13. The maximum Gasteiger partial charge on any atom is 0.226 e. The van der Waals surface area contributed by atoms with Crippen molar-refractivity contribution in [3.8, 4) is 10.4 Å². The maximum absolute atomic E-state index is 13.3. The largest absolute Gasteiger partial charge is 0.342 e. The van der Waals surface area contributed by atoms with Crippen LogP contribution < -0.4 is 0 Å². The summed E-state index contributed by atoms with van der Waals surface area (Å²) in [4.78, 5) is 19.2. The van der Waals surface area contributed by atoms with Gasteiger partial charge in [-0.05, 0) is 72.3 Å². The Bertz CT molecular complexity index is 1010. The molecule has 5 rings (SSSR count). The fourth-order valence-electron chi connectivity index (χ4n) is 5.34. The molecule has 2 aromatic carbocycles. The topological polar surface area (TPSA) is 23.6 Å². The molecule has 2 fully saturated rings. The van der Waals surface area contributed by atoms with E-state index in [0.717, 1.165) is 58.4 Å². The summed E-state index contributed by atoms with van der Waals surface area (Å²) >= 11 is 1.79. The molecule has 0 spiro atoms. The van der Waals surface area contributed by atoms with Crippen molar-refractivity contribution in [2.75, 3.05) is 26.2 Å². The first-order chi connectivity index (χ1) is 15.8. The molecule has 1 unspecified atom stereocenters. The van der Waals surface area contributed by atoms with Crippen LogP contribution in [0.4, 0.5) is 0 Å². The van der Waals surface area contributed by atoms with Gasteiger partial charge in [0.05, 0.1) is 5.92 Å². The summed E-state index contributed by atoms with van der Waals surface area (Å²) in [6.45, 7) is 4.71. The van der Waals surface area contributed by atoms with E-state index in [-0.39, 0.29) is 5.92 Å². The van der Waals surface area contributed by atoms with Crippen molar-refractivity contribution in [1.29, 1.82) is 0 Å². The van der Waals surface area contributed by atoms with Crippen LogP contribution in [0.5, 0.6) is 0 Å². The lowest BCUT2D eigenvalue weighted by molar-refractivity contribution is -0.138. The van der Waals surface area contributed by atoms with Crippen LogP contribution in [-0.2, 0) is 11.3 Å². The van der Waals surface area contributed by atoms with Gasteiger partial charge in [-0.3, -0.25) is 9.69 Å². The van der Waals surface area contributed by atoms with Crippen LogP contribution in [0.25, 0.3) is 10.4 Å².